The third kappa shape index (κ3) is 2.96. The fraction of sp³-hybridized carbons (Fsp3) is 0.222. The number of rotatable bonds is 4. The van der Waals surface area contributed by atoms with Crippen molar-refractivity contribution in [1.82, 2.24) is 0 Å². The zero-order valence-electron chi connectivity index (χ0n) is 9.49. The smallest absolute Gasteiger partial charge is 0.493 e. The number of alkyl halides is 3. The van der Waals surface area contributed by atoms with Gasteiger partial charge in [0.05, 0.1) is 17.7 Å². The highest BCUT2D eigenvalue weighted by atomic mass is 35.5. The highest BCUT2D eigenvalue weighted by Gasteiger charge is 2.49. The first-order valence-electron chi connectivity index (χ1n) is 4.57. The summed E-state index contributed by atoms with van der Waals surface area (Å²) in [6, 6.07) is 0.706. The fourth-order valence-corrected chi connectivity index (χ4v) is 1.89. The molecule has 1 rings (SSSR count). The summed E-state index contributed by atoms with van der Waals surface area (Å²) >= 11 is 5.39. The molecule has 0 unspecified atom stereocenters. The summed E-state index contributed by atoms with van der Waals surface area (Å²) in [5, 5.41) is -0.835. The second kappa shape index (κ2) is 5.44. The Bertz CT molecular complexity index is 641. The predicted molar refractivity (Wildman–Crippen MR) is 59.0 cm³/mol. The molecule has 112 valence electrons. The molecule has 0 radical (unpaired) electrons. The quantitative estimate of drug-likeness (QED) is 0.366. The van der Waals surface area contributed by atoms with E-state index in [1.807, 2.05) is 0 Å². The van der Waals surface area contributed by atoms with E-state index in [1.54, 1.807) is 0 Å². The summed E-state index contributed by atoms with van der Waals surface area (Å²) in [6.45, 7) is 0. The number of benzene rings is 1. The Balaban J connectivity index is 3.45. The maximum Gasteiger partial charge on any atom is 0.534 e. The topological polar surface area (TPSA) is 69.7 Å². The van der Waals surface area contributed by atoms with Crippen LogP contribution >= 0.6 is 11.6 Å². The van der Waals surface area contributed by atoms with E-state index in [4.69, 9.17) is 11.6 Å². The molecule has 0 bridgehead atoms. The van der Waals surface area contributed by atoms with Gasteiger partial charge >= 0.3 is 15.6 Å². The summed E-state index contributed by atoms with van der Waals surface area (Å²) in [5.74, 6) is -3.85. The summed E-state index contributed by atoms with van der Waals surface area (Å²) in [5.41, 5.74) is -6.19. The molecule has 0 aliphatic rings. The van der Waals surface area contributed by atoms with E-state index in [0.717, 1.165) is 7.11 Å². The summed E-state index contributed by atoms with van der Waals surface area (Å²) in [4.78, 5) is 10.6. The minimum absolute atomic E-state index is 0.121. The maximum absolute atomic E-state index is 13.8. The molecular weight excluding hydrogens is 332 g/mol. The summed E-state index contributed by atoms with van der Waals surface area (Å²) < 4.78 is 79.9. The number of halogens is 5. The Morgan fingerprint density at radius 1 is 1.30 bits per heavy atom. The van der Waals surface area contributed by atoms with Crippen molar-refractivity contribution in [3.05, 3.63) is 22.5 Å². The molecule has 0 saturated carbocycles. The van der Waals surface area contributed by atoms with Crippen LogP contribution in [0.25, 0.3) is 0 Å². The zero-order chi connectivity index (χ0) is 15.7. The lowest BCUT2D eigenvalue weighted by Gasteiger charge is -2.13. The van der Waals surface area contributed by atoms with Crippen molar-refractivity contribution < 1.29 is 39.7 Å². The van der Waals surface area contributed by atoms with Crippen LogP contribution in [0.2, 0.25) is 5.02 Å². The van der Waals surface area contributed by atoms with Gasteiger partial charge in [-0.15, -0.1) is 0 Å². The Kier molecular flexibility index (Phi) is 4.49. The lowest BCUT2D eigenvalue weighted by atomic mass is 10.2. The number of aldehydes is 1. The van der Waals surface area contributed by atoms with Crippen molar-refractivity contribution in [2.24, 2.45) is 0 Å². The van der Waals surface area contributed by atoms with Crippen LogP contribution in [0.1, 0.15) is 10.4 Å². The van der Waals surface area contributed by atoms with Gasteiger partial charge in [-0.1, -0.05) is 11.6 Å². The molecule has 1 aromatic carbocycles. The molecule has 0 aromatic heterocycles. The molecule has 11 heteroatoms. The van der Waals surface area contributed by atoms with Crippen LogP contribution in [-0.4, -0.2) is 27.3 Å². The Morgan fingerprint density at radius 3 is 2.25 bits per heavy atom. The zero-order valence-corrected chi connectivity index (χ0v) is 11.1. The minimum atomic E-state index is -6.11. The van der Waals surface area contributed by atoms with E-state index in [1.165, 1.54) is 0 Å². The highest BCUT2D eigenvalue weighted by Crippen LogP contribution is 2.39. The van der Waals surface area contributed by atoms with E-state index >= 15 is 0 Å². The maximum atomic E-state index is 13.8. The van der Waals surface area contributed by atoms with Crippen molar-refractivity contribution in [2.45, 2.75) is 5.51 Å². The van der Waals surface area contributed by atoms with Crippen LogP contribution in [0.4, 0.5) is 17.6 Å². The van der Waals surface area contributed by atoms with E-state index in [0.29, 0.717) is 6.07 Å². The highest BCUT2D eigenvalue weighted by molar-refractivity contribution is 7.88. The normalized spacial score (nSPS) is 12.1. The van der Waals surface area contributed by atoms with Crippen LogP contribution < -0.4 is 8.92 Å². The van der Waals surface area contributed by atoms with Crippen molar-refractivity contribution in [3.8, 4) is 11.5 Å². The third-order valence-electron chi connectivity index (χ3n) is 1.97. The minimum Gasteiger partial charge on any atom is -0.493 e. The van der Waals surface area contributed by atoms with Crippen LogP contribution in [0.15, 0.2) is 6.07 Å². The number of carbonyl (C=O) groups is 1. The van der Waals surface area contributed by atoms with Crippen LogP contribution in [-0.2, 0) is 10.1 Å². The molecule has 0 spiro atoms. The van der Waals surface area contributed by atoms with Gasteiger partial charge in [0.15, 0.2) is 12.0 Å². The monoisotopic (exact) mass is 336 g/mol. The third-order valence-corrected chi connectivity index (χ3v) is 3.20. The van der Waals surface area contributed by atoms with Gasteiger partial charge in [-0.25, -0.2) is 0 Å². The molecule has 0 heterocycles. The Hall–Kier alpha value is -1.55. The number of carbonyl (C=O) groups excluding carboxylic acids is 1. The van der Waals surface area contributed by atoms with Crippen LogP contribution in [0.3, 0.4) is 0 Å². The Morgan fingerprint density at radius 2 is 1.85 bits per heavy atom. The number of hydrogen-bond donors (Lipinski definition) is 0. The molecule has 0 N–H and O–H groups in total. The molecule has 0 aliphatic carbocycles. The number of ether oxygens (including phenoxy) is 1. The summed E-state index contributed by atoms with van der Waals surface area (Å²) in [7, 11) is -5.19. The van der Waals surface area contributed by atoms with Crippen molar-refractivity contribution in [1.29, 1.82) is 0 Å². The van der Waals surface area contributed by atoms with Gasteiger partial charge in [-0.2, -0.15) is 26.0 Å². The molecule has 5 nitrogen and oxygen atoms in total. The standard InChI is InChI=1S/C9H5ClF4O5S/c1-18-7-4(3-15)2-5(10)8(6(7)11)19-20(16,17)9(12,13)14/h2-3H,1H3. The van der Waals surface area contributed by atoms with Gasteiger partial charge in [-0.3, -0.25) is 4.79 Å². The van der Waals surface area contributed by atoms with E-state index < -0.39 is 43.5 Å². The SMILES string of the molecule is COc1c(C=O)cc(Cl)c(OS(=O)(=O)C(F)(F)F)c1F. The lowest BCUT2D eigenvalue weighted by Crippen LogP contribution is -2.28. The fourth-order valence-electron chi connectivity index (χ4n) is 1.13. The first-order valence-corrected chi connectivity index (χ1v) is 6.35. The van der Waals surface area contributed by atoms with Gasteiger partial charge in [0.2, 0.25) is 11.6 Å². The van der Waals surface area contributed by atoms with Crippen LogP contribution in [0.5, 0.6) is 11.5 Å². The van der Waals surface area contributed by atoms with Gasteiger partial charge in [0.25, 0.3) is 0 Å². The van der Waals surface area contributed by atoms with E-state index in [-0.39, 0.29) is 6.29 Å². The predicted octanol–water partition coefficient (Wildman–Crippen LogP) is 2.53. The van der Waals surface area contributed by atoms with Gasteiger partial charge in [0.1, 0.15) is 0 Å². The molecular formula is C9H5ClF4O5S. The van der Waals surface area contributed by atoms with Crippen molar-refractivity contribution in [3.63, 3.8) is 0 Å². The van der Waals surface area contributed by atoms with Crippen molar-refractivity contribution in [2.75, 3.05) is 7.11 Å². The average molecular weight is 337 g/mol. The average Bonchev–Trinajstić information content (AvgIpc) is 2.32. The van der Waals surface area contributed by atoms with Gasteiger partial charge in [0, 0.05) is 0 Å². The summed E-state index contributed by atoms with van der Waals surface area (Å²) in [6.07, 6.45) is 0.121. The lowest BCUT2D eigenvalue weighted by molar-refractivity contribution is -0.0501. The first-order chi connectivity index (χ1) is 9.05. The molecule has 0 saturated heterocycles. The second-order valence-corrected chi connectivity index (χ2v) is 5.17. The molecule has 1 aromatic rings. The Labute approximate surface area is 115 Å². The van der Waals surface area contributed by atoms with Gasteiger partial charge < -0.3 is 8.92 Å². The molecule has 0 amide bonds. The van der Waals surface area contributed by atoms with E-state index in [2.05, 4.69) is 8.92 Å². The number of methoxy groups -OCH3 is 1. The second-order valence-electron chi connectivity index (χ2n) is 3.23. The number of hydrogen-bond acceptors (Lipinski definition) is 5. The van der Waals surface area contributed by atoms with Gasteiger partial charge in [-0.05, 0) is 6.07 Å². The largest absolute Gasteiger partial charge is 0.534 e. The van der Waals surface area contributed by atoms with Crippen LogP contribution in [0, 0.1) is 5.82 Å². The molecule has 0 atom stereocenters. The first kappa shape index (κ1) is 16.5. The van der Waals surface area contributed by atoms with E-state index in [9.17, 15) is 30.8 Å². The van der Waals surface area contributed by atoms with Crippen molar-refractivity contribution >= 4 is 28.0 Å². The molecule has 0 aliphatic heterocycles. The molecule has 0 fully saturated rings. The molecule has 20 heavy (non-hydrogen) atoms.